The number of nitrogens with one attached hydrogen (secondary N) is 1. The highest BCUT2D eigenvalue weighted by Gasteiger charge is 2.16. The number of aromatic nitrogens is 1. The Bertz CT molecular complexity index is 711. The molecule has 2 heterocycles. The molecule has 0 fully saturated rings. The summed E-state index contributed by atoms with van der Waals surface area (Å²) in [6.07, 6.45) is 3.41. The van der Waals surface area contributed by atoms with Crippen molar-refractivity contribution in [2.45, 2.75) is 13.0 Å². The molecule has 0 bridgehead atoms. The van der Waals surface area contributed by atoms with Crippen LogP contribution in [-0.2, 0) is 0 Å². The fourth-order valence-electron chi connectivity index (χ4n) is 2.22. The van der Waals surface area contributed by atoms with Crippen molar-refractivity contribution in [1.29, 1.82) is 0 Å². The zero-order valence-electron chi connectivity index (χ0n) is 11.6. The Morgan fingerprint density at radius 2 is 1.95 bits per heavy atom. The van der Waals surface area contributed by atoms with E-state index in [1.807, 2.05) is 43.3 Å². The fraction of sp³-hybridized carbons (Fsp3) is 0.118. The number of furan rings is 1. The summed E-state index contributed by atoms with van der Waals surface area (Å²) in [6.45, 7) is 1.94. The maximum absolute atomic E-state index is 5.98. The van der Waals surface area contributed by atoms with Crippen LogP contribution in [0.2, 0.25) is 5.15 Å². The van der Waals surface area contributed by atoms with Crippen molar-refractivity contribution < 1.29 is 4.42 Å². The summed E-state index contributed by atoms with van der Waals surface area (Å²) >= 11 is 5.98. The molecule has 0 spiro atoms. The maximum Gasteiger partial charge on any atom is 0.132 e. The van der Waals surface area contributed by atoms with Gasteiger partial charge < -0.3 is 9.73 Å². The predicted octanol–water partition coefficient (Wildman–Crippen LogP) is 4.84. The first kappa shape index (κ1) is 13.7. The van der Waals surface area contributed by atoms with Gasteiger partial charge in [-0.15, -0.1) is 0 Å². The average molecular weight is 299 g/mol. The number of hydrogen-bond acceptors (Lipinski definition) is 3. The zero-order chi connectivity index (χ0) is 14.7. The number of benzene rings is 1. The lowest BCUT2D eigenvalue weighted by Gasteiger charge is -2.18. The molecule has 21 heavy (non-hydrogen) atoms. The van der Waals surface area contributed by atoms with Crippen LogP contribution in [0.25, 0.3) is 0 Å². The highest BCUT2D eigenvalue weighted by molar-refractivity contribution is 6.30. The Morgan fingerprint density at radius 1 is 1.14 bits per heavy atom. The van der Waals surface area contributed by atoms with Crippen molar-refractivity contribution in [2.24, 2.45) is 0 Å². The van der Waals surface area contributed by atoms with Crippen LogP contribution in [0.1, 0.15) is 22.9 Å². The molecular formula is C17H15ClN2O. The second kappa shape index (κ2) is 6.02. The number of hydrogen-bond donors (Lipinski definition) is 1. The van der Waals surface area contributed by atoms with Gasteiger partial charge in [-0.2, -0.15) is 0 Å². The standard InChI is InChI=1S/C17H15ClN2O/c1-12-10-14(11-19-17(12)18)20-16(15-8-5-9-21-15)13-6-3-2-4-7-13/h2-11,16,20H,1H3. The Labute approximate surface area is 128 Å². The van der Waals surface area contributed by atoms with Crippen molar-refractivity contribution in [1.82, 2.24) is 4.98 Å². The van der Waals surface area contributed by atoms with Crippen molar-refractivity contribution in [2.75, 3.05) is 5.32 Å². The van der Waals surface area contributed by atoms with Crippen LogP contribution in [0.4, 0.5) is 5.69 Å². The van der Waals surface area contributed by atoms with Crippen LogP contribution in [-0.4, -0.2) is 4.98 Å². The van der Waals surface area contributed by atoms with Crippen LogP contribution in [0.15, 0.2) is 65.4 Å². The van der Waals surface area contributed by atoms with Crippen LogP contribution >= 0.6 is 11.6 Å². The van der Waals surface area contributed by atoms with E-state index in [0.29, 0.717) is 5.15 Å². The van der Waals surface area contributed by atoms with Crippen LogP contribution in [0.3, 0.4) is 0 Å². The van der Waals surface area contributed by atoms with Crippen molar-refractivity contribution in [3.05, 3.63) is 83.0 Å². The second-order valence-electron chi connectivity index (χ2n) is 4.84. The van der Waals surface area contributed by atoms with E-state index in [4.69, 9.17) is 16.0 Å². The topological polar surface area (TPSA) is 38.1 Å². The molecule has 0 aliphatic carbocycles. The first-order valence-electron chi connectivity index (χ1n) is 6.71. The van der Waals surface area contributed by atoms with Gasteiger partial charge in [0.25, 0.3) is 0 Å². The van der Waals surface area contributed by atoms with Gasteiger partial charge >= 0.3 is 0 Å². The van der Waals surface area contributed by atoms with E-state index in [2.05, 4.69) is 22.4 Å². The van der Waals surface area contributed by atoms with Gasteiger partial charge in [0.2, 0.25) is 0 Å². The zero-order valence-corrected chi connectivity index (χ0v) is 12.3. The molecular weight excluding hydrogens is 284 g/mol. The largest absolute Gasteiger partial charge is 0.467 e. The number of pyridine rings is 1. The Hall–Kier alpha value is -2.26. The molecule has 3 rings (SSSR count). The third-order valence-corrected chi connectivity index (χ3v) is 3.68. The molecule has 2 aromatic heterocycles. The van der Waals surface area contributed by atoms with E-state index < -0.39 is 0 Å². The Kier molecular flexibility index (Phi) is 3.93. The summed E-state index contributed by atoms with van der Waals surface area (Å²) in [6, 6.07) is 15.9. The molecule has 3 aromatic rings. The van der Waals surface area contributed by atoms with E-state index in [1.54, 1.807) is 12.5 Å². The quantitative estimate of drug-likeness (QED) is 0.701. The summed E-state index contributed by atoms with van der Waals surface area (Å²) < 4.78 is 5.57. The third-order valence-electron chi connectivity index (χ3n) is 3.29. The van der Waals surface area contributed by atoms with Crippen LogP contribution < -0.4 is 5.32 Å². The number of rotatable bonds is 4. The van der Waals surface area contributed by atoms with Gasteiger partial charge in [0.15, 0.2) is 0 Å². The molecule has 1 atom stereocenters. The van der Waals surface area contributed by atoms with E-state index in [1.165, 1.54) is 0 Å². The summed E-state index contributed by atoms with van der Waals surface area (Å²) in [5, 5.41) is 3.97. The van der Waals surface area contributed by atoms with Crippen molar-refractivity contribution >= 4 is 17.3 Å². The first-order chi connectivity index (χ1) is 10.2. The van der Waals surface area contributed by atoms with E-state index >= 15 is 0 Å². The third kappa shape index (κ3) is 3.09. The van der Waals surface area contributed by atoms with E-state index in [9.17, 15) is 0 Å². The van der Waals surface area contributed by atoms with Gasteiger partial charge in [0.05, 0.1) is 18.1 Å². The number of halogens is 1. The summed E-state index contributed by atoms with van der Waals surface area (Å²) in [7, 11) is 0. The molecule has 0 saturated heterocycles. The maximum atomic E-state index is 5.98. The fourth-order valence-corrected chi connectivity index (χ4v) is 2.33. The molecule has 3 nitrogen and oxygen atoms in total. The van der Waals surface area contributed by atoms with Gasteiger partial charge in [0.1, 0.15) is 17.0 Å². The Balaban J connectivity index is 1.95. The van der Waals surface area contributed by atoms with Gasteiger partial charge in [-0.25, -0.2) is 4.98 Å². The SMILES string of the molecule is Cc1cc(NC(c2ccccc2)c2ccco2)cnc1Cl. The van der Waals surface area contributed by atoms with Crippen LogP contribution in [0, 0.1) is 6.92 Å². The summed E-state index contributed by atoms with van der Waals surface area (Å²) in [5.41, 5.74) is 2.97. The highest BCUT2D eigenvalue weighted by atomic mass is 35.5. The lowest BCUT2D eigenvalue weighted by atomic mass is 10.0. The molecule has 0 amide bonds. The van der Waals surface area contributed by atoms with Crippen LogP contribution in [0.5, 0.6) is 0 Å². The van der Waals surface area contributed by atoms with Crippen molar-refractivity contribution in [3.8, 4) is 0 Å². The molecule has 0 aliphatic heterocycles. The monoisotopic (exact) mass is 298 g/mol. The van der Waals surface area contributed by atoms with Gasteiger partial charge in [-0.05, 0) is 36.2 Å². The number of anilines is 1. The van der Waals surface area contributed by atoms with Crippen molar-refractivity contribution in [3.63, 3.8) is 0 Å². The van der Waals surface area contributed by atoms with Gasteiger partial charge in [-0.1, -0.05) is 41.9 Å². The number of nitrogens with zero attached hydrogens (tertiary/aromatic N) is 1. The highest BCUT2D eigenvalue weighted by Crippen LogP contribution is 2.27. The normalized spacial score (nSPS) is 12.1. The molecule has 106 valence electrons. The minimum absolute atomic E-state index is 0.0661. The Morgan fingerprint density at radius 3 is 2.62 bits per heavy atom. The summed E-state index contributed by atoms with van der Waals surface area (Å²) in [5.74, 6) is 0.855. The predicted molar refractivity (Wildman–Crippen MR) is 84.6 cm³/mol. The molecule has 1 N–H and O–H groups in total. The molecule has 4 heteroatoms. The molecule has 0 radical (unpaired) electrons. The van der Waals surface area contributed by atoms with Gasteiger partial charge in [0, 0.05) is 0 Å². The first-order valence-corrected chi connectivity index (χ1v) is 7.09. The molecule has 0 saturated carbocycles. The minimum Gasteiger partial charge on any atom is -0.467 e. The lowest BCUT2D eigenvalue weighted by Crippen LogP contribution is -2.11. The van der Waals surface area contributed by atoms with E-state index in [-0.39, 0.29) is 6.04 Å². The molecule has 1 aromatic carbocycles. The number of aryl methyl sites for hydroxylation is 1. The minimum atomic E-state index is -0.0661. The smallest absolute Gasteiger partial charge is 0.132 e. The second-order valence-corrected chi connectivity index (χ2v) is 5.19. The molecule has 1 unspecified atom stereocenters. The molecule has 0 aliphatic rings. The van der Waals surface area contributed by atoms with Gasteiger partial charge in [-0.3, -0.25) is 0 Å². The summed E-state index contributed by atoms with van der Waals surface area (Å²) in [4.78, 5) is 4.18. The van der Waals surface area contributed by atoms with E-state index in [0.717, 1.165) is 22.6 Å². The average Bonchev–Trinajstić information content (AvgIpc) is 3.03. The lowest BCUT2D eigenvalue weighted by molar-refractivity contribution is 0.499.